The van der Waals surface area contributed by atoms with Gasteiger partial charge < -0.3 is 5.73 Å². The number of aromatic nitrogens is 1. The molecule has 2 N–H and O–H groups in total. The Morgan fingerprint density at radius 3 is 2.92 bits per heavy atom. The highest BCUT2D eigenvalue weighted by molar-refractivity contribution is 7.22. The van der Waals surface area contributed by atoms with Crippen molar-refractivity contribution in [2.45, 2.75) is 20.3 Å². The molecule has 0 aliphatic carbocycles. The van der Waals surface area contributed by atoms with Crippen LogP contribution >= 0.6 is 11.3 Å². The van der Waals surface area contributed by atoms with E-state index in [1.807, 2.05) is 0 Å². The third-order valence-electron chi connectivity index (χ3n) is 2.24. The average molecular weight is 192 g/mol. The molecule has 1 aromatic carbocycles. The van der Waals surface area contributed by atoms with Crippen molar-refractivity contribution < 1.29 is 0 Å². The molecule has 2 aromatic rings. The molecule has 0 spiro atoms. The second-order valence-corrected chi connectivity index (χ2v) is 4.21. The molecule has 0 amide bonds. The van der Waals surface area contributed by atoms with Gasteiger partial charge in [-0.05, 0) is 36.6 Å². The van der Waals surface area contributed by atoms with Gasteiger partial charge in [0.2, 0.25) is 0 Å². The Morgan fingerprint density at radius 2 is 2.23 bits per heavy atom. The molecule has 13 heavy (non-hydrogen) atoms. The van der Waals surface area contributed by atoms with Gasteiger partial charge in [-0.2, -0.15) is 0 Å². The fraction of sp³-hybridized carbons (Fsp3) is 0.300. The van der Waals surface area contributed by atoms with E-state index in [0.717, 1.165) is 11.9 Å². The predicted molar refractivity (Wildman–Crippen MR) is 58.1 cm³/mol. The van der Waals surface area contributed by atoms with Crippen molar-refractivity contribution in [3.05, 3.63) is 23.3 Å². The molecule has 0 aliphatic heterocycles. The average Bonchev–Trinajstić information content (AvgIpc) is 2.42. The van der Waals surface area contributed by atoms with Crippen molar-refractivity contribution in [1.82, 2.24) is 4.98 Å². The van der Waals surface area contributed by atoms with E-state index in [9.17, 15) is 0 Å². The molecule has 0 atom stereocenters. The van der Waals surface area contributed by atoms with Crippen molar-refractivity contribution in [1.29, 1.82) is 0 Å². The lowest BCUT2D eigenvalue weighted by atomic mass is 10.1. The molecule has 3 heteroatoms. The van der Waals surface area contributed by atoms with Gasteiger partial charge in [0.15, 0.2) is 5.13 Å². The highest BCUT2D eigenvalue weighted by Gasteiger charge is 2.03. The van der Waals surface area contributed by atoms with Crippen LogP contribution < -0.4 is 5.73 Å². The van der Waals surface area contributed by atoms with E-state index >= 15 is 0 Å². The van der Waals surface area contributed by atoms with E-state index in [4.69, 9.17) is 5.73 Å². The number of nitrogen functional groups attached to an aromatic ring is 1. The summed E-state index contributed by atoms with van der Waals surface area (Å²) >= 11 is 1.55. The standard InChI is InChI=1S/C10H12N2S/c1-3-7-5-8-9(4-6(7)2)13-10(11)12-8/h4-5H,3H2,1-2H3,(H2,11,12). The minimum atomic E-state index is 0.655. The monoisotopic (exact) mass is 192 g/mol. The summed E-state index contributed by atoms with van der Waals surface area (Å²) in [6.07, 6.45) is 1.05. The van der Waals surface area contributed by atoms with E-state index in [2.05, 4.69) is 31.0 Å². The lowest BCUT2D eigenvalue weighted by molar-refractivity contribution is 1.11. The molecule has 1 heterocycles. The maximum Gasteiger partial charge on any atom is 0.181 e. The summed E-state index contributed by atoms with van der Waals surface area (Å²) in [5, 5.41) is 0.655. The van der Waals surface area contributed by atoms with Crippen molar-refractivity contribution in [3.63, 3.8) is 0 Å². The molecule has 0 unspecified atom stereocenters. The number of benzene rings is 1. The van der Waals surface area contributed by atoms with Crippen LogP contribution in [0.4, 0.5) is 5.13 Å². The molecule has 0 radical (unpaired) electrons. The SMILES string of the molecule is CCc1cc2nc(N)sc2cc1C. The Labute approximate surface area is 81.4 Å². The van der Waals surface area contributed by atoms with Crippen molar-refractivity contribution >= 4 is 26.7 Å². The first kappa shape index (κ1) is 8.51. The molecule has 68 valence electrons. The van der Waals surface area contributed by atoms with Gasteiger partial charge in [0.1, 0.15) is 0 Å². The fourth-order valence-corrected chi connectivity index (χ4v) is 2.33. The third kappa shape index (κ3) is 1.40. The molecule has 0 fully saturated rings. The first-order chi connectivity index (χ1) is 6.20. The van der Waals surface area contributed by atoms with E-state index in [-0.39, 0.29) is 0 Å². The van der Waals surface area contributed by atoms with Crippen LogP contribution in [0.5, 0.6) is 0 Å². The number of thiazole rings is 1. The Morgan fingerprint density at radius 1 is 1.46 bits per heavy atom. The number of rotatable bonds is 1. The Balaban J connectivity index is 2.72. The highest BCUT2D eigenvalue weighted by atomic mass is 32.1. The van der Waals surface area contributed by atoms with Crippen LogP contribution in [0.15, 0.2) is 12.1 Å². The molecule has 0 aliphatic rings. The van der Waals surface area contributed by atoms with E-state index < -0.39 is 0 Å². The summed E-state index contributed by atoms with van der Waals surface area (Å²) in [6, 6.07) is 4.31. The van der Waals surface area contributed by atoms with Crippen LogP contribution in [-0.4, -0.2) is 4.98 Å². The molecule has 0 saturated carbocycles. The Kier molecular flexibility index (Phi) is 1.96. The first-order valence-electron chi connectivity index (χ1n) is 4.36. The second-order valence-electron chi connectivity index (χ2n) is 3.15. The van der Waals surface area contributed by atoms with E-state index in [1.54, 1.807) is 11.3 Å². The van der Waals surface area contributed by atoms with Gasteiger partial charge in [-0.1, -0.05) is 18.3 Å². The smallest absolute Gasteiger partial charge is 0.181 e. The summed E-state index contributed by atoms with van der Waals surface area (Å²) < 4.78 is 1.19. The summed E-state index contributed by atoms with van der Waals surface area (Å²) in [6.45, 7) is 4.29. The van der Waals surface area contributed by atoms with Gasteiger partial charge in [-0.25, -0.2) is 4.98 Å². The predicted octanol–water partition coefficient (Wildman–Crippen LogP) is 2.75. The zero-order valence-corrected chi connectivity index (χ0v) is 8.61. The molecular formula is C10H12N2S. The van der Waals surface area contributed by atoms with Gasteiger partial charge >= 0.3 is 0 Å². The van der Waals surface area contributed by atoms with Crippen LogP contribution in [0, 0.1) is 6.92 Å². The summed E-state index contributed by atoms with van der Waals surface area (Å²) in [5.41, 5.74) is 9.36. The molecule has 0 saturated heterocycles. The van der Waals surface area contributed by atoms with Gasteiger partial charge in [0.05, 0.1) is 10.2 Å². The number of hydrogen-bond acceptors (Lipinski definition) is 3. The van der Waals surface area contributed by atoms with Crippen LogP contribution in [0.25, 0.3) is 10.2 Å². The van der Waals surface area contributed by atoms with Gasteiger partial charge in [0.25, 0.3) is 0 Å². The van der Waals surface area contributed by atoms with Crippen LogP contribution in [0.1, 0.15) is 18.1 Å². The number of hydrogen-bond donors (Lipinski definition) is 1. The Bertz CT molecular complexity index is 445. The van der Waals surface area contributed by atoms with Crippen molar-refractivity contribution in [3.8, 4) is 0 Å². The molecule has 0 bridgehead atoms. The van der Waals surface area contributed by atoms with Crippen LogP contribution in [-0.2, 0) is 6.42 Å². The minimum absolute atomic E-state index is 0.655. The largest absolute Gasteiger partial charge is 0.375 e. The zero-order valence-electron chi connectivity index (χ0n) is 7.79. The van der Waals surface area contributed by atoms with Crippen LogP contribution in [0.2, 0.25) is 0 Å². The summed E-state index contributed by atoms with van der Waals surface area (Å²) in [5.74, 6) is 0. The van der Waals surface area contributed by atoms with E-state index in [1.165, 1.54) is 15.8 Å². The molecule has 2 nitrogen and oxygen atoms in total. The second kappa shape index (κ2) is 3.00. The quantitative estimate of drug-likeness (QED) is 0.754. The van der Waals surface area contributed by atoms with Crippen molar-refractivity contribution in [2.24, 2.45) is 0 Å². The number of fused-ring (bicyclic) bond motifs is 1. The highest BCUT2D eigenvalue weighted by Crippen LogP contribution is 2.26. The topological polar surface area (TPSA) is 38.9 Å². The third-order valence-corrected chi connectivity index (χ3v) is 3.09. The number of nitrogens with two attached hydrogens (primary N) is 1. The lowest BCUT2D eigenvalue weighted by Gasteiger charge is -2.00. The molecular weight excluding hydrogens is 180 g/mol. The van der Waals surface area contributed by atoms with Gasteiger partial charge in [-0.15, -0.1) is 0 Å². The zero-order chi connectivity index (χ0) is 9.42. The summed E-state index contributed by atoms with van der Waals surface area (Å²) in [4.78, 5) is 4.26. The maximum absolute atomic E-state index is 5.64. The number of aryl methyl sites for hydroxylation is 2. The maximum atomic E-state index is 5.64. The van der Waals surface area contributed by atoms with Crippen molar-refractivity contribution in [2.75, 3.05) is 5.73 Å². The number of anilines is 1. The molecule has 2 rings (SSSR count). The van der Waals surface area contributed by atoms with Crippen LogP contribution in [0.3, 0.4) is 0 Å². The Hall–Kier alpha value is -1.09. The van der Waals surface area contributed by atoms with Gasteiger partial charge in [0, 0.05) is 0 Å². The summed E-state index contributed by atoms with van der Waals surface area (Å²) in [7, 11) is 0. The molecule has 1 aromatic heterocycles. The normalized spacial score (nSPS) is 10.9. The van der Waals surface area contributed by atoms with E-state index in [0.29, 0.717) is 5.13 Å². The minimum Gasteiger partial charge on any atom is -0.375 e. The number of nitrogens with zero attached hydrogens (tertiary/aromatic N) is 1. The lowest BCUT2D eigenvalue weighted by Crippen LogP contribution is -1.85. The first-order valence-corrected chi connectivity index (χ1v) is 5.18. The van der Waals surface area contributed by atoms with Gasteiger partial charge in [-0.3, -0.25) is 0 Å². The fourth-order valence-electron chi connectivity index (χ4n) is 1.52.